The third-order valence-electron chi connectivity index (χ3n) is 6.27. The number of anilines is 1. The predicted molar refractivity (Wildman–Crippen MR) is 136 cm³/mol. The number of piperazine rings is 1. The van der Waals surface area contributed by atoms with Gasteiger partial charge in [-0.1, -0.05) is 18.2 Å². The summed E-state index contributed by atoms with van der Waals surface area (Å²) < 4.78 is 40.3. The van der Waals surface area contributed by atoms with Crippen LogP contribution < -0.4 is 4.90 Å². The Morgan fingerprint density at radius 1 is 0.838 bits per heavy atom. The first-order valence-electron chi connectivity index (χ1n) is 11.8. The van der Waals surface area contributed by atoms with Crippen LogP contribution in [0.25, 0.3) is 23.0 Å². The number of carbonyl (C=O) groups is 1. The Kier molecular flexibility index (Phi) is 6.76. The molecule has 1 aliphatic rings. The number of para-hydroxylation sites is 1. The van der Waals surface area contributed by atoms with E-state index in [0.717, 1.165) is 34.6 Å². The fourth-order valence-corrected chi connectivity index (χ4v) is 4.27. The van der Waals surface area contributed by atoms with Crippen LogP contribution in [-0.2, 0) is 11.0 Å². The molecule has 0 bridgehead atoms. The molecule has 1 fully saturated rings. The van der Waals surface area contributed by atoms with Crippen molar-refractivity contribution in [3.63, 3.8) is 0 Å². The van der Waals surface area contributed by atoms with Gasteiger partial charge in [0.1, 0.15) is 5.69 Å². The zero-order chi connectivity index (χ0) is 25.8. The van der Waals surface area contributed by atoms with Gasteiger partial charge in [0.2, 0.25) is 5.91 Å². The van der Waals surface area contributed by atoms with Crippen LogP contribution in [0.5, 0.6) is 0 Å². The molecular weight excluding hydrogens is 479 g/mol. The second-order valence-electron chi connectivity index (χ2n) is 8.64. The molecule has 3 heterocycles. The van der Waals surface area contributed by atoms with Crippen molar-refractivity contribution in [1.82, 2.24) is 19.7 Å². The molecule has 9 heteroatoms. The van der Waals surface area contributed by atoms with Gasteiger partial charge in [0.05, 0.1) is 11.3 Å². The zero-order valence-electron chi connectivity index (χ0n) is 19.8. The van der Waals surface area contributed by atoms with Crippen LogP contribution in [0.2, 0.25) is 0 Å². The fourth-order valence-electron chi connectivity index (χ4n) is 4.27. The minimum absolute atomic E-state index is 0.125. The number of rotatable bonds is 5. The highest BCUT2D eigenvalue weighted by molar-refractivity contribution is 5.93. The van der Waals surface area contributed by atoms with Crippen LogP contribution in [0.3, 0.4) is 0 Å². The number of aromatic nitrogens is 3. The molecule has 0 saturated carbocycles. The number of pyridine rings is 1. The van der Waals surface area contributed by atoms with E-state index in [1.807, 2.05) is 53.6 Å². The molecular formula is C28H24F3N5O. The Balaban J connectivity index is 1.28. The SMILES string of the molecule is O=C(/C=C/c1cn(-c2ccccc2)nc1-c1ccncc1)N1CCN(c2ccc(C(F)(F)F)cc2)CC1. The summed E-state index contributed by atoms with van der Waals surface area (Å²) in [7, 11) is 0. The minimum atomic E-state index is -4.36. The van der Waals surface area contributed by atoms with Gasteiger partial charge in [-0.15, -0.1) is 0 Å². The molecule has 0 aliphatic carbocycles. The minimum Gasteiger partial charge on any atom is -0.368 e. The first kappa shape index (κ1) is 24.3. The number of nitrogens with zero attached hydrogens (tertiary/aromatic N) is 5. The van der Waals surface area contributed by atoms with Crippen molar-refractivity contribution in [3.8, 4) is 16.9 Å². The lowest BCUT2D eigenvalue weighted by atomic mass is 10.1. The van der Waals surface area contributed by atoms with Crippen LogP contribution in [-0.4, -0.2) is 51.8 Å². The Hall–Kier alpha value is -4.40. The van der Waals surface area contributed by atoms with Crippen LogP contribution in [0, 0.1) is 0 Å². The van der Waals surface area contributed by atoms with Crippen LogP contribution in [0.1, 0.15) is 11.1 Å². The van der Waals surface area contributed by atoms with E-state index < -0.39 is 11.7 Å². The average Bonchev–Trinajstić information content (AvgIpc) is 3.37. The van der Waals surface area contributed by atoms with Gasteiger partial charge in [-0.3, -0.25) is 9.78 Å². The summed E-state index contributed by atoms with van der Waals surface area (Å²) in [4.78, 5) is 20.8. The van der Waals surface area contributed by atoms with E-state index in [9.17, 15) is 18.0 Å². The van der Waals surface area contributed by atoms with Crippen molar-refractivity contribution in [2.75, 3.05) is 31.1 Å². The number of alkyl halides is 3. The predicted octanol–water partition coefficient (Wildman–Crippen LogP) is 5.32. The highest BCUT2D eigenvalue weighted by atomic mass is 19.4. The summed E-state index contributed by atoms with van der Waals surface area (Å²) in [6, 6.07) is 18.6. The Bertz CT molecular complexity index is 1380. The second-order valence-corrected chi connectivity index (χ2v) is 8.64. The fraction of sp³-hybridized carbons (Fsp3) is 0.179. The van der Waals surface area contributed by atoms with E-state index in [2.05, 4.69) is 4.98 Å². The van der Waals surface area contributed by atoms with Gasteiger partial charge in [0.25, 0.3) is 0 Å². The number of halogens is 3. The molecule has 2 aromatic heterocycles. The molecule has 0 atom stereocenters. The summed E-state index contributed by atoms with van der Waals surface area (Å²) in [5.74, 6) is -0.125. The van der Waals surface area contributed by atoms with Crippen molar-refractivity contribution < 1.29 is 18.0 Å². The first-order chi connectivity index (χ1) is 17.9. The molecule has 5 rings (SSSR count). The monoisotopic (exact) mass is 503 g/mol. The lowest BCUT2D eigenvalue weighted by Gasteiger charge is -2.35. The quantitative estimate of drug-likeness (QED) is 0.346. The standard InChI is InChI=1S/C28H24F3N5O/c29-28(30,31)23-7-9-24(10-8-23)34-16-18-35(19-17-34)26(37)11-6-22-20-36(25-4-2-1-3-5-25)33-27(22)21-12-14-32-15-13-21/h1-15,20H,16-19H2/b11-6+. The molecule has 6 nitrogen and oxygen atoms in total. The molecule has 2 aromatic carbocycles. The van der Waals surface area contributed by atoms with Crippen LogP contribution in [0.15, 0.2) is 91.4 Å². The highest BCUT2D eigenvalue weighted by Crippen LogP contribution is 2.31. The van der Waals surface area contributed by atoms with Crippen LogP contribution in [0.4, 0.5) is 18.9 Å². The van der Waals surface area contributed by atoms with Crippen molar-refractivity contribution >= 4 is 17.7 Å². The van der Waals surface area contributed by atoms with E-state index in [0.29, 0.717) is 31.9 Å². The smallest absolute Gasteiger partial charge is 0.368 e. The third-order valence-corrected chi connectivity index (χ3v) is 6.27. The average molecular weight is 504 g/mol. The Morgan fingerprint density at radius 3 is 2.16 bits per heavy atom. The van der Waals surface area contributed by atoms with Crippen molar-refractivity contribution in [3.05, 3.63) is 103 Å². The summed E-state index contributed by atoms with van der Waals surface area (Å²) in [6.45, 7) is 2.04. The molecule has 0 radical (unpaired) electrons. The summed E-state index contributed by atoms with van der Waals surface area (Å²) in [5, 5.41) is 4.74. The maximum atomic E-state index is 13.0. The molecule has 1 amide bonds. The molecule has 1 saturated heterocycles. The van der Waals surface area contributed by atoms with E-state index >= 15 is 0 Å². The lowest BCUT2D eigenvalue weighted by Crippen LogP contribution is -2.48. The molecule has 188 valence electrons. The van der Waals surface area contributed by atoms with Gasteiger partial charge < -0.3 is 9.80 Å². The number of hydrogen-bond acceptors (Lipinski definition) is 4. The molecule has 0 unspecified atom stereocenters. The number of benzene rings is 2. The highest BCUT2D eigenvalue weighted by Gasteiger charge is 2.30. The van der Waals surface area contributed by atoms with E-state index in [1.165, 1.54) is 12.1 Å². The molecule has 4 aromatic rings. The van der Waals surface area contributed by atoms with E-state index in [4.69, 9.17) is 5.10 Å². The van der Waals surface area contributed by atoms with Crippen molar-refractivity contribution in [2.45, 2.75) is 6.18 Å². The van der Waals surface area contributed by atoms with Gasteiger partial charge in [-0.2, -0.15) is 18.3 Å². The number of hydrogen-bond donors (Lipinski definition) is 0. The first-order valence-corrected chi connectivity index (χ1v) is 11.8. The third kappa shape index (κ3) is 5.55. The molecule has 1 aliphatic heterocycles. The maximum absolute atomic E-state index is 13.0. The maximum Gasteiger partial charge on any atom is 0.416 e. The van der Waals surface area contributed by atoms with Crippen molar-refractivity contribution in [2.24, 2.45) is 0 Å². The molecule has 37 heavy (non-hydrogen) atoms. The van der Waals surface area contributed by atoms with Gasteiger partial charge >= 0.3 is 6.18 Å². The van der Waals surface area contributed by atoms with Crippen molar-refractivity contribution in [1.29, 1.82) is 0 Å². The van der Waals surface area contributed by atoms with E-state index in [1.54, 1.807) is 34.1 Å². The summed E-state index contributed by atoms with van der Waals surface area (Å²) >= 11 is 0. The van der Waals surface area contributed by atoms with Gasteiger partial charge in [-0.25, -0.2) is 4.68 Å². The summed E-state index contributed by atoms with van der Waals surface area (Å²) in [5.41, 5.74) is 3.38. The van der Waals surface area contributed by atoms with E-state index in [-0.39, 0.29) is 5.91 Å². The zero-order valence-corrected chi connectivity index (χ0v) is 19.8. The topological polar surface area (TPSA) is 54.3 Å². The summed E-state index contributed by atoms with van der Waals surface area (Å²) in [6.07, 6.45) is 4.25. The molecule has 0 spiro atoms. The van der Waals surface area contributed by atoms with Gasteiger partial charge in [-0.05, 0) is 54.6 Å². The van der Waals surface area contributed by atoms with Gasteiger partial charge in [0.15, 0.2) is 0 Å². The van der Waals surface area contributed by atoms with Gasteiger partial charge in [0, 0.05) is 67.7 Å². The Morgan fingerprint density at radius 2 is 1.51 bits per heavy atom. The normalized spacial score (nSPS) is 14.4. The molecule has 0 N–H and O–H groups in total. The largest absolute Gasteiger partial charge is 0.416 e. The Labute approximate surface area is 212 Å². The lowest BCUT2D eigenvalue weighted by molar-refractivity contribution is -0.137. The number of amides is 1. The number of carbonyl (C=O) groups excluding carboxylic acids is 1. The van der Waals surface area contributed by atoms with Crippen LogP contribution >= 0.6 is 0 Å². The second kappa shape index (κ2) is 10.3.